The molecule has 0 heterocycles. The monoisotopic (exact) mass is 244 g/mol. The van der Waals surface area contributed by atoms with Crippen molar-refractivity contribution in [2.75, 3.05) is 0 Å². The number of hydrogen-bond donors (Lipinski definition) is 1. The van der Waals surface area contributed by atoms with Gasteiger partial charge in [0.15, 0.2) is 0 Å². The molecule has 1 aromatic rings. The van der Waals surface area contributed by atoms with Crippen LogP contribution in [-0.2, 0) is 11.2 Å². The summed E-state index contributed by atoms with van der Waals surface area (Å²) in [5.74, 6) is 2.41. The van der Waals surface area contributed by atoms with E-state index in [0.717, 1.165) is 19.3 Å². The Morgan fingerprint density at radius 1 is 1.33 bits per heavy atom. The molecule has 3 atom stereocenters. The van der Waals surface area contributed by atoms with E-state index in [1.807, 2.05) is 12.1 Å². The Labute approximate surface area is 108 Å². The standard InChI is InChI=1S/C16H20O2/c1-2-10-7-13(18)9-16-14(10)5-3-11-8-12(17)4-6-15(11)16/h4,6,8,10,14,16-17H,2-3,5,7,9H2,1H3. The maximum absolute atomic E-state index is 11.9. The fourth-order valence-corrected chi connectivity index (χ4v) is 3.97. The van der Waals surface area contributed by atoms with Crippen LogP contribution in [0.25, 0.3) is 0 Å². The maximum Gasteiger partial charge on any atom is 0.133 e. The van der Waals surface area contributed by atoms with E-state index in [0.29, 0.717) is 35.7 Å². The summed E-state index contributed by atoms with van der Waals surface area (Å²) in [6.07, 6.45) is 4.83. The fraction of sp³-hybridized carbons (Fsp3) is 0.562. The van der Waals surface area contributed by atoms with E-state index in [-0.39, 0.29) is 0 Å². The van der Waals surface area contributed by atoms with Crippen LogP contribution in [0.2, 0.25) is 0 Å². The van der Waals surface area contributed by atoms with Crippen molar-refractivity contribution in [1.82, 2.24) is 0 Å². The predicted octanol–water partition coefficient (Wildman–Crippen LogP) is 3.43. The molecular weight excluding hydrogens is 224 g/mol. The number of Topliss-reactive ketones (excluding diaryl/α,β-unsaturated/α-hetero) is 1. The molecular formula is C16H20O2. The Balaban J connectivity index is 1.99. The SMILES string of the molecule is CCC1CC(=O)CC2c3ccc(O)cc3CCC12. The predicted molar refractivity (Wildman–Crippen MR) is 70.7 cm³/mol. The molecule has 0 bridgehead atoms. The number of phenols is 1. The van der Waals surface area contributed by atoms with Gasteiger partial charge in [0.1, 0.15) is 11.5 Å². The first-order chi connectivity index (χ1) is 8.69. The number of ketones is 1. The second-order valence-electron chi connectivity index (χ2n) is 5.81. The van der Waals surface area contributed by atoms with E-state index < -0.39 is 0 Å². The highest BCUT2D eigenvalue weighted by Gasteiger charge is 2.39. The van der Waals surface area contributed by atoms with Gasteiger partial charge in [-0.2, -0.15) is 0 Å². The van der Waals surface area contributed by atoms with Gasteiger partial charge in [0.2, 0.25) is 0 Å². The number of rotatable bonds is 1. The molecule has 2 aliphatic carbocycles. The summed E-state index contributed by atoms with van der Waals surface area (Å²) < 4.78 is 0. The maximum atomic E-state index is 11.9. The molecule has 0 saturated heterocycles. The zero-order valence-electron chi connectivity index (χ0n) is 10.9. The van der Waals surface area contributed by atoms with Crippen LogP contribution < -0.4 is 0 Å². The van der Waals surface area contributed by atoms with E-state index >= 15 is 0 Å². The third-order valence-corrected chi connectivity index (χ3v) is 4.86. The Hall–Kier alpha value is -1.31. The number of fused-ring (bicyclic) bond motifs is 3. The van der Waals surface area contributed by atoms with Crippen molar-refractivity contribution in [3.8, 4) is 5.75 Å². The zero-order chi connectivity index (χ0) is 12.7. The highest BCUT2D eigenvalue weighted by atomic mass is 16.3. The van der Waals surface area contributed by atoms with Crippen molar-refractivity contribution in [2.45, 2.75) is 44.9 Å². The normalized spacial score (nSPS) is 30.7. The van der Waals surface area contributed by atoms with Gasteiger partial charge in [-0.3, -0.25) is 4.79 Å². The van der Waals surface area contributed by atoms with E-state index in [2.05, 4.69) is 6.92 Å². The molecule has 96 valence electrons. The quantitative estimate of drug-likeness (QED) is 0.821. The lowest BCUT2D eigenvalue weighted by molar-refractivity contribution is -0.123. The van der Waals surface area contributed by atoms with Crippen LogP contribution in [-0.4, -0.2) is 10.9 Å². The highest BCUT2D eigenvalue weighted by molar-refractivity contribution is 5.81. The lowest BCUT2D eigenvalue weighted by Gasteiger charge is -2.41. The van der Waals surface area contributed by atoms with E-state index in [1.165, 1.54) is 17.5 Å². The summed E-state index contributed by atoms with van der Waals surface area (Å²) in [4.78, 5) is 11.9. The molecule has 3 unspecified atom stereocenters. The molecule has 2 nitrogen and oxygen atoms in total. The van der Waals surface area contributed by atoms with Gasteiger partial charge in [0.05, 0.1) is 0 Å². The lowest BCUT2D eigenvalue weighted by atomic mass is 9.62. The molecule has 3 rings (SSSR count). The largest absolute Gasteiger partial charge is 0.508 e. The number of carbonyl (C=O) groups is 1. The van der Waals surface area contributed by atoms with Crippen LogP contribution in [0.1, 0.15) is 49.7 Å². The van der Waals surface area contributed by atoms with Gasteiger partial charge >= 0.3 is 0 Å². The van der Waals surface area contributed by atoms with Gasteiger partial charge < -0.3 is 5.11 Å². The minimum Gasteiger partial charge on any atom is -0.508 e. The van der Waals surface area contributed by atoms with Crippen molar-refractivity contribution in [1.29, 1.82) is 0 Å². The Morgan fingerprint density at radius 3 is 2.94 bits per heavy atom. The Bertz CT molecular complexity index is 478. The molecule has 18 heavy (non-hydrogen) atoms. The summed E-state index contributed by atoms with van der Waals surface area (Å²) in [5, 5.41) is 9.57. The molecule has 0 aromatic heterocycles. The second kappa shape index (κ2) is 4.42. The van der Waals surface area contributed by atoms with Crippen molar-refractivity contribution >= 4 is 5.78 Å². The summed E-state index contributed by atoms with van der Waals surface area (Å²) in [5.41, 5.74) is 2.57. The highest BCUT2D eigenvalue weighted by Crippen LogP contribution is 2.48. The lowest BCUT2D eigenvalue weighted by Crippen LogP contribution is -2.34. The molecule has 0 spiro atoms. The molecule has 1 saturated carbocycles. The van der Waals surface area contributed by atoms with Crippen LogP contribution in [0.15, 0.2) is 18.2 Å². The minimum atomic E-state index is 0.348. The topological polar surface area (TPSA) is 37.3 Å². The van der Waals surface area contributed by atoms with Gasteiger partial charge in [-0.25, -0.2) is 0 Å². The number of carbonyl (C=O) groups excluding carboxylic acids is 1. The van der Waals surface area contributed by atoms with Gasteiger partial charge in [-0.1, -0.05) is 19.4 Å². The van der Waals surface area contributed by atoms with Crippen LogP contribution in [0.3, 0.4) is 0 Å². The van der Waals surface area contributed by atoms with Gasteiger partial charge in [-0.05, 0) is 53.9 Å². The first kappa shape index (κ1) is 11.8. The summed E-state index contributed by atoms with van der Waals surface area (Å²) in [6.45, 7) is 2.20. The van der Waals surface area contributed by atoms with Crippen molar-refractivity contribution < 1.29 is 9.90 Å². The molecule has 0 radical (unpaired) electrons. The number of hydrogen-bond acceptors (Lipinski definition) is 2. The number of phenolic OH excluding ortho intramolecular Hbond substituents is 1. The summed E-state index contributed by atoms with van der Waals surface area (Å²) in [6, 6.07) is 5.68. The number of aromatic hydroxyl groups is 1. The van der Waals surface area contributed by atoms with Crippen LogP contribution in [0.5, 0.6) is 5.75 Å². The van der Waals surface area contributed by atoms with Gasteiger partial charge in [0, 0.05) is 12.8 Å². The smallest absolute Gasteiger partial charge is 0.133 e. The second-order valence-corrected chi connectivity index (χ2v) is 5.81. The number of aryl methyl sites for hydroxylation is 1. The average Bonchev–Trinajstić information content (AvgIpc) is 2.37. The summed E-state index contributed by atoms with van der Waals surface area (Å²) >= 11 is 0. The minimum absolute atomic E-state index is 0.348. The van der Waals surface area contributed by atoms with E-state index in [1.54, 1.807) is 6.07 Å². The van der Waals surface area contributed by atoms with Crippen molar-refractivity contribution in [2.24, 2.45) is 11.8 Å². The first-order valence-corrected chi connectivity index (χ1v) is 7.02. The summed E-state index contributed by atoms with van der Waals surface area (Å²) in [7, 11) is 0. The molecule has 2 heteroatoms. The van der Waals surface area contributed by atoms with Gasteiger partial charge in [0.25, 0.3) is 0 Å². The third-order valence-electron chi connectivity index (χ3n) is 4.86. The first-order valence-electron chi connectivity index (χ1n) is 7.02. The molecule has 0 amide bonds. The molecule has 1 fully saturated rings. The fourth-order valence-electron chi connectivity index (χ4n) is 3.97. The molecule has 1 N–H and O–H groups in total. The number of benzene rings is 1. The third kappa shape index (κ3) is 1.84. The molecule has 1 aromatic carbocycles. The van der Waals surface area contributed by atoms with Crippen LogP contribution >= 0.6 is 0 Å². The van der Waals surface area contributed by atoms with E-state index in [9.17, 15) is 9.90 Å². The van der Waals surface area contributed by atoms with Crippen LogP contribution in [0.4, 0.5) is 0 Å². The molecule has 0 aliphatic heterocycles. The van der Waals surface area contributed by atoms with E-state index in [4.69, 9.17) is 0 Å². The van der Waals surface area contributed by atoms with Crippen molar-refractivity contribution in [3.63, 3.8) is 0 Å². The Morgan fingerprint density at radius 2 is 2.17 bits per heavy atom. The molecule has 2 aliphatic rings. The van der Waals surface area contributed by atoms with Crippen molar-refractivity contribution in [3.05, 3.63) is 29.3 Å². The Kier molecular flexibility index (Phi) is 2.89. The zero-order valence-corrected chi connectivity index (χ0v) is 10.9. The average molecular weight is 244 g/mol. The van der Waals surface area contributed by atoms with Crippen LogP contribution in [0, 0.1) is 11.8 Å². The van der Waals surface area contributed by atoms with Gasteiger partial charge in [-0.15, -0.1) is 0 Å².